The molecule has 0 saturated carbocycles. The van der Waals surface area contributed by atoms with Gasteiger partial charge < -0.3 is 4.98 Å². The fraction of sp³-hybridized carbons (Fsp3) is 0.182. The molecular formula is C11H11Cl2N3O2S. The molecule has 2 aromatic rings. The van der Waals surface area contributed by atoms with Crippen LogP contribution in [0.2, 0.25) is 10.0 Å². The molecule has 8 heteroatoms. The molecule has 102 valence electrons. The Kier molecular flexibility index (Phi) is 4.15. The molecule has 0 aliphatic heterocycles. The number of imidazole rings is 1. The summed E-state index contributed by atoms with van der Waals surface area (Å²) in [5.41, 5.74) is 0. The molecule has 0 saturated heterocycles. The van der Waals surface area contributed by atoms with Gasteiger partial charge in [0.1, 0.15) is 10.7 Å². The van der Waals surface area contributed by atoms with E-state index in [2.05, 4.69) is 14.7 Å². The van der Waals surface area contributed by atoms with Gasteiger partial charge in [0.25, 0.3) is 0 Å². The molecule has 0 bridgehead atoms. The van der Waals surface area contributed by atoms with Crippen molar-refractivity contribution >= 4 is 33.2 Å². The summed E-state index contributed by atoms with van der Waals surface area (Å²) in [7, 11) is -3.82. The summed E-state index contributed by atoms with van der Waals surface area (Å²) in [6.45, 7) is 1.67. The van der Waals surface area contributed by atoms with E-state index in [9.17, 15) is 8.42 Å². The number of hydrogen-bond donors (Lipinski definition) is 2. The van der Waals surface area contributed by atoms with Crippen LogP contribution in [-0.2, 0) is 10.0 Å². The van der Waals surface area contributed by atoms with Gasteiger partial charge in [-0.1, -0.05) is 29.3 Å². The van der Waals surface area contributed by atoms with Crippen LogP contribution in [0.3, 0.4) is 0 Å². The highest BCUT2D eigenvalue weighted by molar-refractivity contribution is 7.89. The normalized spacial score (nSPS) is 13.4. The van der Waals surface area contributed by atoms with Crippen molar-refractivity contribution in [3.05, 3.63) is 46.5 Å². The second kappa shape index (κ2) is 5.50. The summed E-state index contributed by atoms with van der Waals surface area (Å²) in [5.74, 6) is 0.506. The van der Waals surface area contributed by atoms with Crippen molar-refractivity contribution in [2.75, 3.05) is 0 Å². The van der Waals surface area contributed by atoms with Crippen LogP contribution in [-0.4, -0.2) is 18.4 Å². The third-order valence-corrected chi connectivity index (χ3v) is 4.94. The van der Waals surface area contributed by atoms with Crippen LogP contribution in [0.5, 0.6) is 0 Å². The molecule has 5 nitrogen and oxygen atoms in total. The lowest BCUT2D eigenvalue weighted by Gasteiger charge is -2.14. The Morgan fingerprint density at radius 2 is 1.95 bits per heavy atom. The number of aromatic amines is 1. The van der Waals surface area contributed by atoms with E-state index < -0.39 is 16.1 Å². The third-order valence-electron chi connectivity index (χ3n) is 2.45. The first-order chi connectivity index (χ1) is 8.92. The fourth-order valence-electron chi connectivity index (χ4n) is 1.60. The monoisotopic (exact) mass is 319 g/mol. The maximum absolute atomic E-state index is 12.3. The molecule has 0 fully saturated rings. The average Bonchev–Trinajstić information content (AvgIpc) is 2.80. The van der Waals surface area contributed by atoms with Crippen LogP contribution < -0.4 is 4.72 Å². The van der Waals surface area contributed by atoms with Crippen LogP contribution in [0.15, 0.2) is 35.5 Å². The second-order valence-corrected chi connectivity index (χ2v) is 6.33. The minimum absolute atomic E-state index is 0.0756. The van der Waals surface area contributed by atoms with Crippen molar-refractivity contribution in [3.63, 3.8) is 0 Å². The van der Waals surface area contributed by atoms with Crippen molar-refractivity contribution in [1.29, 1.82) is 0 Å². The number of benzene rings is 1. The molecule has 1 aromatic heterocycles. The molecule has 19 heavy (non-hydrogen) atoms. The van der Waals surface area contributed by atoms with Gasteiger partial charge >= 0.3 is 0 Å². The minimum Gasteiger partial charge on any atom is -0.347 e. The number of halogens is 2. The zero-order valence-corrected chi connectivity index (χ0v) is 12.2. The van der Waals surface area contributed by atoms with Crippen LogP contribution in [0.4, 0.5) is 0 Å². The van der Waals surface area contributed by atoms with E-state index >= 15 is 0 Å². The van der Waals surface area contributed by atoms with E-state index in [-0.39, 0.29) is 14.9 Å². The molecule has 2 rings (SSSR count). The van der Waals surface area contributed by atoms with Crippen molar-refractivity contribution < 1.29 is 8.42 Å². The van der Waals surface area contributed by atoms with Crippen LogP contribution in [0.1, 0.15) is 18.8 Å². The topological polar surface area (TPSA) is 74.8 Å². The van der Waals surface area contributed by atoms with Gasteiger partial charge in [0.15, 0.2) is 0 Å². The van der Waals surface area contributed by atoms with Gasteiger partial charge in [-0.15, -0.1) is 0 Å². The van der Waals surface area contributed by atoms with Gasteiger partial charge in [0.2, 0.25) is 10.0 Å². The standard InChI is InChI=1S/C11H11Cl2N3O2S/c1-7(11-14-5-6-15-11)16-19(17,18)10-8(12)3-2-4-9(10)13/h2-7,16H,1H3,(H,14,15). The molecule has 1 heterocycles. The van der Waals surface area contributed by atoms with Crippen molar-refractivity contribution in [1.82, 2.24) is 14.7 Å². The van der Waals surface area contributed by atoms with Crippen LogP contribution >= 0.6 is 23.2 Å². The van der Waals surface area contributed by atoms with E-state index in [0.29, 0.717) is 5.82 Å². The van der Waals surface area contributed by atoms with E-state index in [0.717, 1.165) is 0 Å². The number of hydrogen-bond acceptors (Lipinski definition) is 3. The predicted molar refractivity (Wildman–Crippen MR) is 73.8 cm³/mol. The maximum atomic E-state index is 12.3. The summed E-state index contributed by atoms with van der Waals surface area (Å²) in [4.78, 5) is 6.70. The van der Waals surface area contributed by atoms with Crippen molar-refractivity contribution in [3.8, 4) is 0 Å². The molecule has 1 aromatic carbocycles. The molecule has 0 aliphatic carbocycles. The molecular weight excluding hydrogens is 309 g/mol. The first-order valence-electron chi connectivity index (χ1n) is 5.37. The molecule has 1 atom stereocenters. The van der Waals surface area contributed by atoms with E-state index in [4.69, 9.17) is 23.2 Å². The first-order valence-corrected chi connectivity index (χ1v) is 7.61. The summed E-state index contributed by atoms with van der Waals surface area (Å²) >= 11 is 11.8. The molecule has 2 N–H and O–H groups in total. The zero-order valence-electron chi connectivity index (χ0n) is 9.89. The molecule has 0 aliphatic rings. The second-order valence-electron chi connectivity index (χ2n) is 3.87. The molecule has 0 spiro atoms. The van der Waals surface area contributed by atoms with Gasteiger partial charge in [0.05, 0.1) is 16.1 Å². The quantitative estimate of drug-likeness (QED) is 0.909. The highest BCUT2D eigenvalue weighted by atomic mass is 35.5. The van der Waals surface area contributed by atoms with Crippen LogP contribution in [0.25, 0.3) is 0 Å². The Labute approximate surface area is 121 Å². The Morgan fingerprint density at radius 1 is 1.32 bits per heavy atom. The average molecular weight is 320 g/mol. The zero-order chi connectivity index (χ0) is 14.0. The van der Waals surface area contributed by atoms with E-state index in [1.807, 2.05) is 0 Å². The van der Waals surface area contributed by atoms with Gasteiger partial charge in [-0.3, -0.25) is 0 Å². The maximum Gasteiger partial charge on any atom is 0.244 e. The first kappa shape index (κ1) is 14.3. The Balaban J connectivity index is 2.33. The number of nitrogens with zero attached hydrogens (tertiary/aromatic N) is 1. The highest BCUT2D eigenvalue weighted by Crippen LogP contribution is 2.29. The lowest BCUT2D eigenvalue weighted by Crippen LogP contribution is -2.28. The van der Waals surface area contributed by atoms with Crippen molar-refractivity contribution in [2.24, 2.45) is 0 Å². The lowest BCUT2D eigenvalue weighted by molar-refractivity contribution is 0.561. The largest absolute Gasteiger partial charge is 0.347 e. The Hall–Kier alpha value is -1.08. The number of nitrogens with one attached hydrogen (secondary N) is 2. The molecule has 0 amide bonds. The predicted octanol–water partition coefficient (Wildman–Crippen LogP) is 2.76. The molecule has 0 radical (unpaired) electrons. The number of sulfonamides is 1. The van der Waals surface area contributed by atoms with Gasteiger partial charge in [-0.25, -0.2) is 18.1 Å². The van der Waals surface area contributed by atoms with Gasteiger partial charge in [0, 0.05) is 12.4 Å². The van der Waals surface area contributed by atoms with Gasteiger partial charge in [-0.2, -0.15) is 0 Å². The van der Waals surface area contributed by atoms with E-state index in [1.165, 1.54) is 12.1 Å². The summed E-state index contributed by atoms with van der Waals surface area (Å²) in [6.07, 6.45) is 3.16. The number of H-pyrrole nitrogens is 1. The SMILES string of the molecule is CC(NS(=O)(=O)c1c(Cl)cccc1Cl)c1ncc[nH]1. The van der Waals surface area contributed by atoms with Crippen LogP contribution in [0, 0.1) is 0 Å². The van der Waals surface area contributed by atoms with Crippen molar-refractivity contribution in [2.45, 2.75) is 17.9 Å². The Bertz CT molecular complexity index is 651. The smallest absolute Gasteiger partial charge is 0.244 e. The van der Waals surface area contributed by atoms with Gasteiger partial charge in [-0.05, 0) is 19.1 Å². The lowest BCUT2D eigenvalue weighted by atomic mass is 10.3. The number of rotatable bonds is 4. The number of aromatic nitrogens is 2. The summed E-state index contributed by atoms with van der Waals surface area (Å²) in [5, 5.41) is 0.151. The summed E-state index contributed by atoms with van der Waals surface area (Å²) < 4.78 is 27.0. The fourth-order valence-corrected chi connectivity index (χ4v) is 3.95. The minimum atomic E-state index is -3.82. The summed E-state index contributed by atoms with van der Waals surface area (Å²) in [6, 6.07) is 4.01. The highest BCUT2D eigenvalue weighted by Gasteiger charge is 2.24. The third kappa shape index (κ3) is 3.09. The molecule has 1 unspecified atom stereocenters. The van der Waals surface area contributed by atoms with E-state index in [1.54, 1.807) is 25.4 Å². The Morgan fingerprint density at radius 3 is 2.47 bits per heavy atom.